The van der Waals surface area contributed by atoms with Crippen molar-refractivity contribution >= 4 is 5.97 Å². The first-order valence-electron chi connectivity index (χ1n) is 2.93. The van der Waals surface area contributed by atoms with Crippen LogP contribution in [0.5, 0.6) is 0 Å². The molecule has 2 nitrogen and oxygen atoms in total. The van der Waals surface area contributed by atoms with Crippen LogP contribution in [0.1, 0.15) is 20.8 Å². The molecule has 0 rings (SSSR count). The number of ether oxygens (including phenoxy) is 1. The van der Waals surface area contributed by atoms with Crippen LogP contribution in [0.3, 0.4) is 0 Å². The maximum atomic E-state index is 12.0. The fourth-order valence-electron chi connectivity index (χ4n) is 0.318. The molecule has 0 bridgehead atoms. The summed E-state index contributed by atoms with van der Waals surface area (Å²) in [6, 6.07) is 0. The maximum Gasteiger partial charge on any atom is 0.376 e. The van der Waals surface area contributed by atoms with Crippen LogP contribution in [-0.4, -0.2) is 18.0 Å². The molecular weight excluding hydrogens is 142 g/mol. The number of hydrogen-bond acceptors (Lipinski definition) is 2. The number of alkyl halides is 2. The van der Waals surface area contributed by atoms with Crippen LogP contribution in [0.25, 0.3) is 0 Å². The summed E-state index contributed by atoms with van der Waals surface area (Å²) >= 11 is 0. The van der Waals surface area contributed by atoms with E-state index in [2.05, 4.69) is 4.74 Å². The van der Waals surface area contributed by atoms with Gasteiger partial charge in [-0.15, -0.1) is 0 Å². The molecule has 0 aromatic carbocycles. The van der Waals surface area contributed by atoms with Crippen molar-refractivity contribution in [3.05, 3.63) is 0 Å². The average Bonchev–Trinajstić information content (AvgIpc) is 1.60. The Morgan fingerprint density at radius 2 is 1.90 bits per heavy atom. The minimum absolute atomic E-state index is 0.488. The first-order valence-corrected chi connectivity index (χ1v) is 2.93. The van der Waals surface area contributed by atoms with Crippen LogP contribution in [0.2, 0.25) is 0 Å². The SMILES string of the molecule is CC(C)OC(=O)C(C)(F)F. The van der Waals surface area contributed by atoms with E-state index in [-0.39, 0.29) is 0 Å². The van der Waals surface area contributed by atoms with E-state index in [9.17, 15) is 13.6 Å². The van der Waals surface area contributed by atoms with Gasteiger partial charge in [0, 0.05) is 6.92 Å². The number of halogens is 2. The monoisotopic (exact) mass is 152 g/mol. The molecule has 0 aromatic rings. The molecule has 0 unspecified atom stereocenters. The van der Waals surface area contributed by atoms with Crippen molar-refractivity contribution in [2.75, 3.05) is 0 Å². The highest BCUT2D eigenvalue weighted by molar-refractivity contribution is 5.77. The molecule has 0 saturated heterocycles. The number of esters is 1. The first-order chi connectivity index (χ1) is 4.34. The van der Waals surface area contributed by atoms with Gasteiger partial charge in [0.25, 0.3) is 0 Å². The lowest BCUT2D eigenvalue weighted by atomic mass is 10.4. The van der Waals surface area contributed by atoms with Crippen LogP contribution < -0.4 is 0 Å². The van der Waals surface area contributed by atoms with Gasteiger partial charge in [-0.3, -0.25) is 0 Å². The van der Waals surface area contributed by atoms with Crippen molar-refractivity contribution in [2.24, 2.45) is 0 Å². The molecular formula is C6H10F2O2. The van der Waals surface area contributed by atoms with E-state index in [0.29, 0.717) is 6.92 Å². The Hall–Kier alpha value is -0.670. The van der Waals surface area contributed by atoms with Crippen molar-refractivity contribution in [2.45, 2.75) is 32.8 Å². The predicted octanol–water partition coefficient (Wildman–Crippen LogP) is 1.59. The van der Waals surface area contributed by atoms with Gasteiger partial charge in [0.1, 0.15) is 0 Å². The molecule has 0 heterocycles. The third-order valence-corrected chi connectivity index (χ3v) is 0.701. The molecule has 0 N–H and O–H groups in total. The van der Waals surface area contributed by atoms with E-state index in [4.69, 9.17) is 0 Å². The van der Waals surface area contributed by atoms with E-state index >= 15 is 0 Å². The Kier molecular flexibility index (Phi) is 2.75. The quantitative estimate of drug-likeness (QED) is 0.561. The molecule has 0 fully saturated rings. The molecule has 0 saturated carbocycles. The molecule has 0 aromatic heterocycles. The van der Waals surface area contributed by atoms with Crippen molar-refractivity contribution in [1.29, 1.82) is 0 Å². The number of carbonyl (C=O) groups is 1. The van der Waals surface area contributed by atoms with Gasteiger partial charge in [-0.25, -0.2) is 4.79 Å². The van der Waals surface area contributed by atoms with Gasteiger partial charge in [-0.05, 0) is 13.8 Å². The number of rotatable bonds is 2. The summed E-state index contributed by atoms with van der Waals surface area (Å²) in [4.78, 5) is 10.3. The highest BCUT2D eigenvalue weighted by Gasteiger charge is 2.34. The van der Waals surface area contributed by atoms with Gasteiger partial charge >= 0.3 is 11.9 Å². The Morgan fingerprint density at radius 1 is 1.50 bits per heavy atom. The van der Waals surface area contributed by atoms with Crippen LogP contribution in [0.15, 0.2) is 0 Å². The third-order valence-electron chi connectivity index (χ3n) is 0.701. The zero-order valence-corrected chi connectivity index (χ0v) is 6.15. The fourth-order valence-corrected chi connectivity index (χ4v) is 0.318. The van der Waals surface area contributed by atoms with E-state index in [0.717, 1.165) is 0 Å². The normalized spacial score (nSPS) is 11.8. The Balaban J connectivity index is 3.87. The van der Waals surface area contributed by atoms with Crippen LogP contribution in [0, 0.1) is 0 Å². The molecule has 0 radical (unpaired) electrons. The lowest BCUT2D eigenvalue weighted by molar-refractivity contribution is -0.173. The van der Waals surface area contributed by atoms with Crippen molar-refractivity contribution in [3.63, 3.8) is 0 Å². The Bertz CT molecular complexity index is 126. The topological polar surface area (TPSA) is 26.3 Å². The van der Waals surface area contributed by atoms with Gasteiger partial charge in [0.15, 0.2) is 0 Å². The molecule has 4 heteroatoms. The summed E-state index contributed by atoms with van der Waals surface area (Å²) in [5.74, 6) is -4.84. The summed E-state index contributed by atoms with van der Waals surface area (Å²) in [5.41, 5.74) is 0. The highest BCUT2D eigenvalue weighted by atomic mass is 19.3. The predicted molar refractivity (Wildman–Crippen MR) is 31.8 cm³/mol. The third kappa shape index (κ3) is 3.37. The van der Waals surface area contributed by atoms with Gasteiger partial charge in [-0.1, -0.05) is 0 Å². The summed E-state index contributed by atoms with van der Waals surface area (Å²) < 4.78 is 28.2. The molecule has 10 heavy (non-hydrogen) atoms. The van der Waals surface area contributed by atoms with Crippen molar-refractivity contribution < 1.29 is 18.3 Å². The standard InChI is InChI=1S/C6H10F2O2/c1-4(2)10-5(9)6(3,7)8/h4H,1-3H3. The summed E-state index contributed by atoms with van der Waals surface area (Å²) in [7, 11) is 0. The molecule has 0 aliphatic rings. The average molecular weight is 152 g/mol. The van der Waals surface area contributed by atoms with E-state index < -0.39 is 18.0 Å². The fraction of sp³-hybridized carbons (Fsp3) is 0.833. The smallest absolute Gasteiger partial charge is 0.376 e. The Morgan fingerprint density at radius 3 is 2.00 bits per heavy atom. The zero-order valence-electron chi connectivity index (χ0n) is 6.15. The van der Waals surface area contributed by atoms with E-state index in [1.807, 2.05) is 0 Å². The Labute approximate surface area is 58.2 Å². The summed E-state index contributed by atoms with van der Waals surface area (Å²) in [6.07, 6.45) is -0.488. The molecule has 0 aliphatic heterocycles. The second-order valence-corrected chi connectivity index (χ2v) is 2.34. The van der Waals surface area contributed by atoms with Gasteiger partial charge in [-0.2, -0.15) is 8.78 Å². The highest BCUT2D eigenvalue weighted by Crippen LogP contribution is 2.14. The van der Waals surface area contributed by atoms with Crippen molar-refractivity contribution in [3.8, 4) is 0 Å². The minimum atomic E-state index is -3.37. The van der Waals surface area contributed by atoms with Gasteiger partial charge in [0.2, 0.25) is 0 Å². The lowest BCUT2D eigenvalue weighted by Gasteiger charge is -2.11. The largest absolute Gasteiger partial charge is 0.459 e. The molecule has 0 amide bonds. The first kappa shape index (κ1) is 9.33. The molecule has 0 aliphatic carbocycles. The van der Waals surface area contributed by atoms with Gasteiger partial charge < -0.3 is 4.74 Å². The molecule has 0 atom stereocenters. The maximum absolute atomic E-state index is 12.0. The van der Waals surface area contributed by atoms with Gasteiger partial charge in [0.05, 0.1) is 6.10 Å². The summed E-state index contributed by atoms with van der Waals surface area (Å²) in [6.45, 7) is 3.55. The molecule has 0 spiro atoms. The van der Waals surface area contributed by atoms with E-state index in [1.54, 1.807) is 0 Å². The molecule has 60 valence electrons. The zero-order chi connectivity index (χ0) is 8.36. The lowest BCUT2D eigenvalue weighted by Crippen LogP contribution is -2.29. The van der Waals surface area contributed by atoms with Crippen LogP contribution in [0.4, 0.5) is 8.78 Å². The second-order valence-electron chi connectivity index (χ2n) is 2.34. The van der Waals surface area contributed by atoms with Crippen LogP contribution in [-0.2, 0) is 9.53 Å². The number of carbonyl (C=O) groups excluding carboxylic acids is 1. The number of hydrogen-bond donors (Lipinski definition) is 0. The van der Waals surface area contributed by atoms with Crippen LogP contribution >= 0.6 is 0 Å². The minimum Gasteiger partial charge on any atom is -0.459 e. The summed E-state index contributed by atoms with van der Waals surface area (Å²) in [5, 5.41) is 0. The second kappa shape index (κ2) is 2.94. The van der Waals surface area contributed by atoms with Crippen molar-refractivity contribution in [1.82, 2.24) is 0 Å². The van der Waals surface area contributed by atoms with E-state index in [1.165, 1.54) is 13.8 Å².